The van der Waals surface area contributed by atoms with Gasteiger partial charge in [-0.2, -0.15) is 18.3 Å². The van der Waals surface area contributed by atoms with Crippen molar-refractivity contribution >= 4 is 11.5 Å². The van der Waals surface area contributed by atoms with Crippen molar-refractivity contribution in [3.8, 4) is 5.75 Å². The third-order valence-corrected chi connectivity index (χ3v) is 4.39. The first-order valence-corrected chi connectivity index (χ1v) is 9.19. The van der Waals surface area contributed by atoms with Gasteiger partial charge in [-0.3, -0.25) is 0 Å². The van der Waals surface area contributed by atoms with Gasteiger partial charge in [-0.05, 0) is 42.8 Å². The number of alkyl halides is 3. The van der Waals surface area contributed by atoms with E-state index in [0.717, 1.165) is 41.0 Å². The number of hydrogen-bond donors (Lipinski definition) is 2. The number of aliphatic carboxylic acids is 1. The lowest BCUT2D eigenvalue weighted by Gasteiger charge is -2.21. The molecular formula is C20H19F4N3O4. The highest BCUT2D eigenvalue weighted by Gasteiger charge is 2.38. The fraction of sp³-hybridized carbons (Fsp3) is 0.300. The maximum absolute atomic E-state index is 13.7. The second kappa shape index (κ2) is 9.75. The van der Waals surface area contributed by atoms with E-state index in [4.69, 9.17) is 19.4 Å². The van der Waals surface area contributed by atoms with Gasteiger partial charge in [0, 0.05) is 23.9 Å². The van der Waals surface area contributed by atoms with E-state index in [9.17, 15) is 17.6 Å². The smallest absolute Gasteiger partial charge is 0.475 e. The summed E-state index contributed by atoms with van der Waals surface area (Å²) in [6.45, 7) is 2.07. The fourth-order valence-corrected chi connectivity index (χ4v) is 3.01. The van der Waals surface area contributed by atoms with E-state index in [1.165, 1.54) is 6.07 Å². The maximum Gasteiger partial charge on any atom is 0.490 e. The van der Waals surface area contributed by atoms with Gasteiger partial charge in [-0.25, -0.2) is 13.7 Å². The number of nitrogens with zero attached hydrogens (tertiary/aromatic N) is 2. The molecule has 4 rings (SSSR count). The summed E-state index contributed by atoms with van der Waals surface area (Å²) in [4.78, 5) is 8.90. The minimum atomic E-state index is -5.08. The van der Waals surface area contributed by atoms with Crippen LogP contribution in [0, 0.1) is 5.82 Å². The Hall–Kier alpha value is -3.18. The quantitative estimate of drug-likeness (QED) is 0.467. The van der Waals surface area contributed by atoms with Gasteiger partial charge in [-0.15, -0.1) is 0 Å². The molecule has 0 bridgehead atoms. The van der Waals surface area contributed by atoms with Gasteiger partial charge in [0.1, 0.15) is 11.6 Å². The van der Waals surface area contributed by atoms with E-state index >= 15 is 0 Å². The molecule has 0 radical (unpaired) electrons. The number of ether oxygens (including phenoxy) is 2. The minimum absolute atomic E-state index is 0.224. The summed E-state index contributed by atoms with van der Waals surface area (Å²) >= 11 is 0. The summed E-state index contributed by atoms with van der Waals surface area (Å²) in [5.74, 6) is -2.24. The second-order valence-corrected chi connectivity index (χ2v) is 6.59. The van der Waals surface area contributed by atoms with Crippen molar-refractivity contribution < 1.29 is 36.9 Å². The molecule has 0 aliphatic carbocycles. The van der Waals surface area contributed by atoms with Gasteiger partial charge in [-0.1, -0.05) is 6.07 Å². The summed E-state index contributed by atoms with van der Waals surface area (Å²) in [5.41, 5.74) is 3.88. The maximum atomic E-state index is 13.7. The molecule has 1 aromatic carbocycles. The van der Waals surface area contributed by atoms with E-state index in [1.807, 2.05) is 35.1 Å². The SMILES string of the molecule is Fc1cc(CCNCc2cnn3ccccc23)c2c(c1)COCO2.O=C(O)C(F)(F)F. The van der Waals surface area contributed by atoms with Crippen molar-refractivity contribution in [1.29, 1.82) is 0 Å². The second-order valence-electron chi connectivity index (χ2n) is 6.59. The van der Waals surface area contributed by atoms with Crippen LogP contribution in [-0.2, 0) is 29.1 Å². The number of pyridine rings is 1. The van der Waals surface area contributed by atoms with Crippen molar-refractivity contribution in [2.24, 2.45) is 0 Å². The van der Waals surface area contributed by atoms with Crippen molar-refractivity contribution in [3.63, 3.8) is 0 Å². The molecule has 0 atom stereocenters. The molecule has 31 heavy (non-hydrogen) atoms. The Balaban J connectivity index is 0.000000339. The Morgan fingerprint density at radius 1 is 1.26 bits per heavy atom. The van der Waals surface area contributed by atoms with Gasteiger partial charge >= 0.3 is 12.1 Å². The lowest BCUT2D eigenvalue weighted by atomic mass is 10.1. The molecule has 11 heteroatoms. The monoisotopic (exact) mass is 441 g/mol. The number of carbonyl (C=O) groups is 1. The molecule has 0 spiro atoms. The minimum Gasteiger partial charge on any atom is -0.475 e. The topological polar surface area (TPSA) is 85.1 Å². The molecule has 2 N–H and O–H groups in total. The largest absolute Gasteiger partial charge is 0.490 e. The summed E-state index contributed by atoms with van der Waals surface area (Å²) in [5, 5.41) is 14.8. The fourth-order valence-electron chi connectivity index (χ4n) is 3.01. The highest BCUT2D eigenvalue weighted by Crippen LogP contribution is 2.29. The number of carboxylic acid groups (broad SMARTS) is 1. The average molecular weight is 441 g/mol. The third kappa shape index (κ3) is 5.92. The first-order chi connectivity index (χ1) is 14.8. The van der Waals surface area contributed by atoms with Crippen molar-refractivity contribution in [2.75, 3.05) is 13.3 Å². The molecule has 3 aromatic rings. The van der Waals surface area contributed by atoms with Crippen LogP contribution in [0.4, 0.5) is 17.6 Å². The predicted molar refractivity (Wildman–Crippen MR) is 101 cm³/mol. The highest BCUT2D eigenvalue weighted by molar-refractivity contribution is 5.73. The standard InChI is InChI=1S/C18H18FN3O2.C2HF3O2/c19-16-7-13(18-14(8-16)11-23-12-24-18)4-5-20-9-15-10-21-22-6-2-1-3-17(15)22;3-2(4,5)1(6)7/h1-3,6-8,10,20H,4-5,9,11-12H2;(H,6,7). The van der Waals surface area contributed by atoms with E-state index in [1.54, 1.807) is 6.07 Å². The van der Waals surface area contributed by atoms with Gasteiger partial charge in [0.15, 0.2) is 6.79 Å². The normalized spacial score (nSPS) is 13.2. The lowest BCUT2D eigenvalue weighted by molar-refractivity contribution is -0.192. The van der Waals surface area contributed by atoms with E-state index in [2.05, 4.69) is 10.4 Å². The summed E-state index contributed by atoms with van der Waals surface area (Å²) in [6.07, 6.45) is -0.594. The zero-order chi connectivity index (χ0) is 22.4. The number of fused-ring (bicyclic) bond motifs is 2. The molecule has 0 fully saturated rings. The van der Waals surface area contributed by atoms with Crippen LogP contribution in [0.5, 0.6) is 5.75 Å². The first-order valence-electron chi connectivity index (χ1n) is 9.19. The Kier molecular flexibility index (Phi) is 7.08. The highest BCUT2D eigenvalue weighted by atomic mass is 19.4. The Morgan fingerprint density at radius 3 is 2.77 bits per heavy atom. The van der Waals surface area contributed by atoms with Crippen molar-refractivity contribution in [2.45, 2.75) is 25.7 Å². The molecule has 0 unspecified atom stereocenters. The molecule has 1 aliphatic heterocycles. The zero-order valence-electron chi connectivity index (χ0n) is 16.2. The van der Waals surface area contributed by atoms with Crippen LogP contribution in [0.2, 0.25) is 0 Å². The molecule has 166 valence electrons. The number of carboxylic acids is 1. The van der Waals surface area contributed by atoms with Gasteiger partial charge in [0.2, 0.25) is 0 Å². The molecule has 0 saturated carbocycles. The van der Waals surface area contributed by atoms with E-state index in [-0.39, 0.29) is 12.6 Å². The summed E-state index contributed by atoms with van der Waals surface area (Å²) < 4.78 is 58.1. The van der Waals surface area contributed by atoms with Crippen LogP contribution in [0.25, 0.3) is 5.52 Å². The predicted octanol–water partition coefficient (Wildman–Crippen LogP) is 3.31. The number of hydrogen-bond acceptors (Lipinski definition) is 5. The molecule has 1 aliphatic rings. The molecule has 3 heterocycles. The third-order valence-electron chi connectivity index (χ3n) is 4.39. The summed E-state index contributed by atoms with van der Waals surface area (Å²) in [7, 11) is 0. The van der Waals surface area contributed by atoms with Crippen molar-refractivity contribution in [3.05, 3.63) is 65.2 Å². The summed E-state index contributed by atoms with van der Waals surface area (Å²) in [6, 6.07) is 9.01. The number of nitrogens with one attached hydrogen (secondary N) is 1. The van der Waals surface area contributed by atoms with Crippen molar-refractivity contribution in [1.82, 2.24) is 14.9 Å². The lowest BCUT2D eigenvalue weighted by Crippen LogP contribution is -2.21. The van der Waals surface area contributed by atoms with Crippen LogP contribution in [0.15, 0.2) is 42.7 Å². The van der Waals surface area contributed by atoms with Gasteiger partial charge < -0.3 is 19.9 Å². The molecule has 7 nitrogen and oxygen atoms in total. The molecule has 0 amide bonds. The van der Waals surface area contributed by atoms with Crippen LogP contribution in [0.1, 0.15) is 16.7 Å². The number of aromatic nitrogens is 2. The Labute approximate surface area is 174 Å². The van der Waals surface area contributed by atoms with Crippen LogP contribution in [0.3, 0.4) is 0 Å². The van der Waals surface area contributed by atoms with Gasteiger partial charge in [0.05, 0.1) is 18.3 Å². The van der Waals surface area contributed by atoms with Crippen LogP contribution >= 0.6 is 0 Å². The average Bonchev–Trinajstić information content (AvgIpc) is 3.14. The van der Waals surface area contributed by atoms with Crippen LogP contribution < -0.4 is 10.1 Å². The molecular weight excluding hydrogens is 422 g/mol. The number of benzene rings is 1. The van der Waals surface area contributed by atoms with Gasteiger partial charge in [0.25, 0.3) is 0 Å². The van der Waals surface area contributed by atoms with E-state index < -0.39 is 12.1 Å². The Morgan fingerprint density at radius 2 is 2.03 bits per heavy atom. The Bertz CT molecular complexity index is 1050. The first kappa shape index (κ1) is 22.5. The zero-order valence-corrected chi connectivity index (χ0v) is 16.2. The molecule has 2 aromatic heterocycles. The van der Waals surface area contributed by atoms with E-state index in [0.29, 0.717) is 13.0 Å². The number of halogens is 4. The number of rotatable bonds is 5. The van der Waals surface area contributed by atoms with Crippen LogP contribution in [-0.4, -0.2) is 40.2 Å². The molecule has 0 saturated heterocycles.